The number of methoxy groups -OCH3 is 1. The van der Waals surface area contributed by atoms with Gasteiger partial charge in [-0.15, -0.1) is 0 Å². The number of rotatable bonds is 6. The minimum Gasteiger partial charge on any atom is -0.497 e. The van der Waals surface area contributed by atoms with E-state index < -0.39 is 5.97 Å². The Hall–Kier alpha value is -1.55. The van der Waals surface area contributed by atoms with Gasteiger partial charge in [0.05, 0.1) is 13.5 Å². The molecule has 4 heteroatoms. The zero-order valence-electron chi connectivity index (χ0n) is 13.0. The van der Waals surface area contributed by atoms with Crippen LogP contribution in [0.4, 0.5) is 0 Å². The van der Waals surface area contributed by atoms with Crippen molar-refractivity contribution in [3.63, 3.8) is 0 Å². The molecule has 1 atom stereocenters. The summed E-state index contributed by atoms with van der Waals surface area (Å²) in [5.41, 5.74) is 1.07. The highest BCUT2D eigenvalue weighted by molar-refractivity contribution is 5.66. The lowest BCUT2D eigenvalue weighted by Crippen LogP contribution is -2.44. The van der Waals surface area contributed by atoms with Crippen molar-refractivity contribution in [1.29, 1.82) is 0 Å². The topological polar surface area (TPSA) is 49.8 Å². The molecule has 20 heavy (non-hydrogen) atoms. The van der Waals surface area contributed by atoms with Gasteiger partial charge in [-0.2, -0.15) is 0 Å². The van der Waals surface area contributed by atoms with E-state index in [1.807, 2.05) is 24.3 Å². The van der Waals surface area contributed by atoms with Crippen molar-refractivity contribution >= 4 is 5.97 Å². The molecule has 0 amide bonds. The van der Waals surface area contributed by atoms with Gasteiger partial charge in [0, 0.05) is 18.1 Å². The summed E-state index contributed by atoms with van der Waals surface area (Å²) in [6, 6.07) is 8.08. The Morgan fingerprint density at radius 3 is 2.25 bits per heavy atom. The van der Waals surface area contributed by atoms with Crippen LogP contribution in [-0.2, 0) is 4.79 Å². The summed E-state index contributed by atoms with van der Waals surface area (Å²) in [4.78, 5) is 13.0. The number of nitrogens with zero attached hydrogens (tertiary/aromatic N) is 1. The van der Waals surface area contributed by atoms with Crippen LogP contribution in [0.2, 0.25) is 0 Å². The monoisotopic (exact) mass is 279 g/mol. The number of hydrogen-bond donors (Lipinski definition) is 1. The lowest BCUT2D eigenvalue weighted by Gasteiger charge is -2.40. The second kappa shape index (κ2) is 6.75. The molecule has 0 aliphatic carbocycles. The fraction of sp³-hybridized carbons (Fsp3) is 0.562. The molecule has 1 N–H and O–H groups in total. The maximum absolute atomic E-state index is 10.8. The first-order chi connectivity index (χ1) is 9.25. The molecule has 0 spiro atoms. The van der Waals surface area contributed by atoms with E-state index in [-0.39, 0.29) is 18.0 Å². The molecule has 0 saturated heterocycles. The van der Waals surface area contributed by atoms with Gasteiger partial charge < -0.3 is 9.84 Å². The van der Waals surface area contributed by atoms with Gasteiger partial charge in [-0.05, 0) is 45.4 Å². The number of carboxylic acids is 1. The molecule has 1 unspecified atom stereocenters. The lowest BCUT2D eigenvalue weighted by atomic mass is 9.98. The van der Waals surface area contributed by atoms with E-state index in [2.05, 4.69) is 32.6 Å². The van der Waals surface area contributed by atoms with Crippen LogP contribution in [0.25, 0.3) is 0 Å². The number of ether oxygens (including phenoxy) is 1. The third-order valence-corrected chi connectivity index (χ3v) is 3.49. The van der Waals surface area contributed by atoms with Crippen molar-refractivity contribution < 1.29 is 14.6 Å². The van der Waals surface area contributed by atoms with Crippen LogP contribution >= 0.6 is 0 Å². The molecule has 0 bridgehead atoms. The Bertz CT molecular complexity index is 434. The second-order valence-corrected chi connectivity index (χ2v) is 5.96. The molecule has 112 valence electrons. The summed E-state index contributed by atoms with van der Waals surface area (Å²) in [5, 5.41) is 8.91. The molecule has 0 saturated carbocycles. The number of benzene rings is 1. The molecule has 0 radical (unpaired) electrons. The van der Waals surface area contributed by atoms with E-state index in [1.54, 1.807) is 7.11 Å². The van der Waals surface area contributed by atoms with E-state index in [4.69, 9.17) is 9.84 Å². The first-order valence-electron chi connectivity index (χ1n) is 6.88. The predicted molar refractivity (Wildman–Crippen MR) is 80.1 cm³/mol. The van der Waals surface area contributed by atoms with Crippen LogP contribution < -0.4 is 4.74 Å². The zero-order valence-corrected chi connectivity index (χ0v) is 13.0. The van der Waals surface area contributed by atoms with Gasteiger partial charge in [0.1, 0.15) is 5.75 Å². The molecule has 0 aliphatic rings. The number of hydrogen-bond acceptors (Lipinski definition) is 3. The molecule has 1 aromatic carbocycles. The first-order valence-corrected chi connectivity index (χ1v) is 6.88. The molecule has 1 rings (SSSR count). The van der Waals surface area contributed by atoms with Crippen LogP contribution in [0.3, 0.4) is 0 Å². The van der Waals surface area contributed by atoms with E-state index in [1.165, 1.54) is 0 Å². The van der Waals surface area contributed by atoms with E-state index in [0.717, 1.165) is 11.3 Å². The molecular formula is C16H25NO3. The van der Waals surface area contributed by atoms with Crippen LogP contribution in [0.15, 0.2) is 24.3 Å². The van der Waals surface area contributed by atoms with Gasteiger partial charge in [-0.25, -0.2) is 0 Å². The minimum atomic E-state index is -0.763. The van der Waals surface area contributed by atoms with Crippen LogP contribution in [0.1, 0.15) is 45.7 Å². The summed E-state index contributed by atoms with van der Waals surface area (Å²) in [5.74, 6) is 0.0648. The average molecular weight is 279 g/mol. The van der Waals surface area contributed by atoms with Gasteiger partial charge in [0.25, 0.3) is 0 Å². The molecule has 0 heterocycles. The van der Waals surface area contributed by atoms with Gasteiger partial charge in [0.2, 0.25) is 0 Å². The van der Waals surface area contributed by atoms with Crippen molar-refractivity contribution in [2.24, 2.45) is 0 Å². The Morgan fingerprint density at radius 1 is 1.30 bits per heavy atom. The summed E-state index contributed by atoms with van der Waals surface area (Å²) < 4.78 is 5.16. The minimum absolute atomic E-state index is 0.0885. The molecule has 1 aromatic rings. The van der Waals surface area contributed by atoms with Crippen LogP contribution in [0.5, 0.6) is 5.75 Å². The SMILES string of the molecule is COc1ccc(C(C)N(CCC(=O)O)C(C)(C)C)cc1. The predicted octanol–water partition coefficient (Wildman–Crippen LogP) is 3.33. The molecule has 0 aromatic heterocycles. The van der Waals surface area contributed by atoms with Crippen LogP contribution in [-0.4, -0.2) is 35.2 Å². The number of carbonyl (C=O) groups is 1. The van der Waals surface area contributed by atoms with Gasteiger partial charge in [0.15, 0.2) is 0 Å². The number of carboxylic acid groups (broad SMARTS) is 1. The van der Waals surface area contributed by atoms with Crippen molar-refractivity contribution in [2.45, 2.75) is 45.7 Å². The first kappa shape index (κ1) is 16.5. The number of aliphatic carboxylic acids is 1. The lowest BCUT2D eigenvalue weighted by molar-refractivity contribution is -0.137. The Balaban J connectivity index is 2.90. The highest BCUT2D eigenvalue weighted by Gasteiger charge is 2.27. The fourth-order valence-electron chi connectivity index (χ4n) is 2.39. The van der Waals surface area contributed by atoms with Gasteiger partial charge in [-0.1, -0.05) is 12.1 Å². The summed E-state index contributed by atoms with van der Waals surface area (Å²) in [6.07, 6.45) is 0.151. The van der Waals surface area contributed by atoms with Gasteiger partial charge in [-0.3, -0.25) is 9.69 Å². The van der Waals surface area contributed by atoms with Crippen molar-refractivity contribution in [3.05, 3.63) is 29.8 Å². The molecule has 0 aliphatic heterocycles. The second-order valence-electron chi connectivity index (χ2n) is 5.96. The Morgan fingerprint density at radius 2 is 1.85 bits per heavy atom. The average Bonchev–Trinajstić information content (AvgIpc) is 2.37. The van der Waals surface area contributed by atoms with E-state index in [9.17, 15) is 4.79 Å². The van der Waals surface area contributed by atoms with E-state index >= 15 is 0 Å². The maximum atomic E-state index is 10.8. The summed E-state index contributed by atoms with van der Waals surface area (Å²) >= 11 is 0. The quantitative estimate of drug-likeness (QED) is 0.867. The highest BCUT2D eigenvalue weighted by atomic mass is 16.5. The molecular weight excluding hydrogens is 254 g/mol. The third kappa shape index (κ3) is 4.53. The van der Waals surface area contributed by atoms with Crippen molar-refractivity contribution in [2.75, 3.05) is 13.7 Å². The van der Waals surface area contributed by atoms with Crippen molar-refractivity contribution in [1.82, 2.24) is 4.90 Å². The highest BCUT2D eigenvalue weighted by Crippen LogP contribution is 2.29. The zero-order chi connectivity index (χ0) is 15.3. The van der Waals surface area contributed by atoms with Crippen LogP contribution in [0, 0.1) is 0 Å². The fourth-order valence-corrected chi connectivity index (χ4v) is 2.39. The normalized spacial score (nSPS) is 13.3. The third-order valence-electron chi connectivity index (χ3n) is 3.49. The smallest absolute Gasteiger partial charge is 0.304 e. The largest absolute Gasteiger partial charge is 0.497 e. The Kier molecular flexibility index (Phi) is 5.57. The summed E-state index contributed by atoms with van der Waals surface area (Å²) in [7, 11) is 1.65. The standard InChI is InChI=1S/C16H25NO3/c1-12(13-6-8-14(20-5)9-7-13)17(16(2,3)4)11-10-15(18)19/h6-9,12H,10-11H2,1-5H3,(H,18,19). The Labute approximate surface area is 121 Å². The van der Waals surface area contributed by atoms with Crippen molar-refractivity contribution in [3.8, 4) is 5.75 Å². The van der Waals surface area contributed by atoms with E-state index in [0.29, 0.717) is 6.54 Å². The molecule has 0 fully saturated rings. The maximum Gasteiger partial charge on any atom is 0.304 e. The van der Waals surface area contributed by atoms with Gasteiger partial charge >= 0.3 is 5.97 Å². The molecule has 4 nitrogen and oxygen atoms in total. The summed E-state index contributed by atoms with van der Waals surface area (Å²) in [6.45, 7) is 8.96.